The van der Waals surface area contributed by atoms with Crippen molar-refractivity contribution in [3.05, 3.63) is 32.6 Å². The van der Waals surface area contributed by atoms with Gasteiger partial charge < -0.3 is 15.0 Å². The first-order valence-corrected chi connectivity index (χ1v) is 6.82. The Morgan fingerprint density at radius 2 is 1.86 bits per heavy atom. The molecule has 2 heterocycles. The summed E-state index contributed by atoms with van der Waals surface area (Å²) in [5, 5.41) is 9.78. The topological polar surface area (TPSA) is 110 Å². The molecule has 1 saturated heterocycles. The van der Waals surface area contributed by atoms with Crippen molar-refractivity contribution in [3.63, 3.8) is 0 Å². The fourth-order valence-corrected chi connectivity index (χ4v) is 2.41. The fourth-order valence-electron chi connectivity index (χ4n) is 2.41. The number of rotatable bonds is 3. The zero-order chi connectivity index (χ0) is 15.6. The van der Waals surface area contributed by atoms with E-state index in [1.54, 1.807) is 18.7 Å². The third kappa shape index (κ3) is 4.27. The average molecular weight is 296 g/mol. The average Bonchev–Trinajstić information content (AvgIpc) is 2.35. The summed E-state index contributed by atoms with van der Waals surface area (Å²) >= 11 is 0. The summed E-state index contributed by atoms with van der Waals surface area (Å²) in [6.45, 7) is 6.29. The fraction of sp³-hybridized carbons (Fsp3) is 0.615. The van der Waals surface area contributed by atoms with Crippen molar-refractivity contribution < 1.29 is 9.90 Å². The summed E-state index contributed by atoms with van der Waals surface area (Å²) < 4.78 is 0. The third-order valence-electron chi connectivity index (χ3n) is 3.26. The second kappa shape index (κ2) is 5.82. The van der Waals surface area contributed by atoms with Gasteiger partial charge in [0.25, 0.3) is 11.5 Å². The molecule has 0 saturated carbocycles. The molecule has 1 fully saturated rings. The van der Waals surface area contributed by atoms with Gasteiger partial charge in [-0.3, -0.25) is 19.5 Å². The van der Waals surface area contributed by atoms with E-state index in [0.29, 0.717) is 32.7 Å². The van der Waals surface area contributed by atoms with Crippen LogP contribution in [0.2, 0.25) is 0 Å². The number of nitrogens with zero attached hydrogens (tertiary/aromatic N) is 2. The maximum atomic E-state index is 12.2. The first-order valence-electron chi connectivity index (χ1n) is 6.82. The third-order valence-corrected chi connectivity index (χ3v) is 3.26. The molecule has 116 valence electrons. The van der Waals surface area contributed by atoms with Crippen molar-refractivity contribution in [2.24, 2.45) is 0 Å². The van der Waals surface area contributed by atoms with E-state index in [0.717, 1.165) is 6.07 Å². The van der Waals surface area contributed by atoms with E-state index >= 15 is 0 Å². The van der Waals surface area contributed by atoms with Gasteiger partial charge in [-0.1, -0.05) is 0 Å². The Morgan fingerprint density at radius 1 is 1.24 bits per heavy atom. The number of H-pyrrole nitrogens is 2. The van der Waals surface area contributed by atoms with E-state index in [1.807, 2.05) is 4.98 Å². The minimum atomic E-state index is -0.774. The second-order valence-electron chi connectivity index (χ2n) is 5.88. The van der Waals surface area contributed by atoms with Crippen LogP contribution in [0.4, 0.5) is 0 Å². The summed E-state index contributed by atoms with van der Waals surface area (Å²) in [5.41, 5.74) is -2.06. The van der Waals surface area contributed by atoms with Crippen LogP contribution in [-0.4, -0.2) is 69.1 Å². The molecule has 1 amide bonds. The van der Waals surface area contributed by atoms with Gasteiger partial charge in [0.2, 0.25) is 0 Å². The predicted molar refractivity (Wildman–Crippen MR) is 76.3 cm³/mol. The molecule has 0 aromatic carbocycles. The van der Waals surface area contributed by atoms with E-state index in [2.05, 4.69) is 9.88 Å². The normalized spacial score (nSPS) is 17.0. The van der Waals surface area contributed by atoms with Gasteiger partial charge in [0, 0.05) is 38.8 Å². The molecule has 0 atom stereocenters. The molecular formula is C13H20N4O4. The van der Waals surface area contributed by atoms with Gasteiger partial charge in [-0.25, -0.2) is 4.79 Å². The quantitative estimate of drug-likeness (QED) is 0.635. The lowest BCUT2D eigenvalue weighted by Gasteiger charge is -2.37. The van der Waals surface area contributed by atoms with Crippen molar-refractivity contribution in [1.29, 1.82) is 0 Å². The van der Waals surface area contributed by atoms with Gasteiger partial charge in [-0.15, -0.1) is 0 Å². The van der Waals surface area contributed by atoms with Gasteiger partial charge in [0.1, 0.15) is 5.69 Å². The van der Waals surface area contributed by atoms with Crippen LogP contribution in [0.5, 0.6) is 0 Å². The van der Waals surface area contributed by atoms with Crippen molar-refractivity contribution >= 4 is 5.91 Å². The van der Waals surface area contributed by atoms with Crippen molar-refractivity contribution in [2.75, 3.05) is 32.7 Å². The number of aromatic nitrogens is 2. The van der Waals surface area contributed by atoms with Crippen molar-refractivity contribution in [2.45, 2.75) is 19.4 Å². The van der Waals surface area contributed by atoms with Gasteiger partial charge in [-0.05, 0) is 13.8 Å². The number of aliphatic hydroxyl groups is 1. The van der Waals surface area contributed by atoms with E-state index in [4.69, 9.17) is 0 Å². The lowest BCUT2D eigenvalue weighted by molar-refractivity contribution is 0.0177. The number of piperazine rings is 1. The maximum Gasteiger partial charge on any atom is 0.326 e. The summed E-state index contributed by atoms with van der Waals surface area (Å²) in [5.74, 6) is -0.360. The Morgan fingerprint density at radius 3 is 2.38 bits per heavy atom. The van der Waals surface area contributed by atoms with E-state index in [1.165, 1.54) is 0 Å². The Hall–Kier alpha value is -1.93. The number of hydrogen-bond donors (Lipinski definition) is 3. The summed E-state index contributed by atoms with van der Waals surface area (Å²) in [6.07, 6.45) is 0. The second-order valence-corrected chi connectivity index (χ2v) is 5.88. The van der Waals surface area contributed by atoms with Crippen LogP contribution in [0.3, 0.4) is 0 Å². The summed E-state index contributed by atoms with van der Waals surface area (Å²) in [4.78, 5) is 42.7. The van der Waals surface area contributed by atoms with Crippen LogP contribution in [0.25, 0.3) is 0 Å². The molecule has 1 aliphatic heterocycles. The minimum absolute atomic E-state index is 0.000289. The molecule has 0 aliphatic carbocycles. The highest BCUT2D eigenvalue weighted by atomic mass is 16.3. The molecule has 1 aromatic rings. The molecule has 0 bridgehead atoms. The number of carbonyl (C=O) groups excluding carboxylic acids is 1. The van der Waals surface area contributed by atoms with Crippen LogP contribution in [0.1, 0.15) is 24.3 Å². The maximum absolute atomic E-state index is 12.2. The lowest BCUT2D eigenvalue weighted by atomic mass is 10.1. The molecule has 1 aromatic heterocycles. The molecule has 8 heteroatoms. The zero-order valence-corrected chi connectivity index (χ0v) is 12.2. The first-order chi connectivity index (χ1) is 9.74. The van der Waals surface area contributed by atoms with Gasteiger partial charge in [0.05, 0.1) is 5.60 Å². The molecule has 0 radical (unpaired) electrons. The van der Waals surface area contributed by atoms with Crippen LogP contribution in [0.15, 0.2) is 15.7 Å². The number of amides is 1. The van der Waals surface area contributed by atoms with E-state index in [9.17, 15) is 19.5 Å². The van der Waals surface area contributed by atoms with Gasteiger partial charge in [-0.2, -0.15) is 0 Å². The molecule has 2 rings (SSSR count). The number of β-amino-alcohol motifs (C(OH)–C–C–N with tert-alkyl or cyclic N) is 1. The highest BCUT2D eigenvalue weighted by Crippen LogP contribution is 2.10. The number of hydrogen-bond acceptors (Lipinski definition) is 5. The Balaban J connectivity index is 2.00. The van der Waals surface area contributed by atoms with Crippen LogP contribution in [0, 0.1) is 0 Å². The van der Waals surface area contributed by atoms with Crippen LogP contribution < -0.4 is 11.2 Å². The zero-order valence-electron chi connectivity index (χ0n) is 12.2. The Bertz CT molecular complexity index is 592. The Kier molecular flexibility index (Phi) is 4.29. The van der Waals surface area contributed by atoms with Gasteiger partial charge >= 0.3 is 5.69 Å². The first kappa shape index (κ1) is 15.5. The largest absolute Gasteiger partial charge is 0.389 e. The molecule has 0 spiro atoms. The summed E-state index contributed by atoms with van der Waals surface area (Å²) in [6, 6.07) is 1.09. The van der Waals surface area contributed by atoms with E-state index < -0.39 is 16.9 Å². The predicted octanol–water partition coefficient (Wildman–Crippen LogP) is -1.41. The minimum Gasteiger partial charge on any atom is -0.389 e. The SMILES string of the molecule is CC(C)(O)CN1CCN(C(=O)c2cc(=O)[nH]c(=O)[nH]2)CC1. The van der Waals surface area contributed by atoms with Crippen LogP contribution >= 0.6 is 0 Å². The molecule has 8 nitrogen and oxygen atoms in total. The monoisotopic (exact) mass is 296 g/mol. The van der Waals surface area contributed by atoms with E-state index in [-0.39, 0.29) is 11.6 Å². The molecule has 0 unspecified atom stereocenters. The molecule has 1 aliphatic rings. The molecule has 21 heavy (non-hydrogen) atoms. The Labute approximate surface area is 121 Å². The molecular weight excluding hydrogens is 276 g/mol. The number of carbonyl (C=O) groups is 1. The smallest absolute Gasteiger partial charge is 0.326 e. The van der Waals surface area contributed by atoms with Gasteiger partial charge in [0.15, 0.2) is 0 Å². The lowest BCUT2D eigenvalue weighted by Crippen LogP contribution is -2.52. The van der Waals surface area contributed by atoms with Crippen LogP contribution in [-0.2, 0) is 0 Å². The number of aromatic amines is 2. The number of nitrogens with one attached hydrogen (secondary N) is 2. The highest BCUT2D eigenvalue weighted by Gasteiger charge is 2.26. The van der Waals surface area contributed by atoms with Crippen molar-refractivity contribution in [3.8, 4) is 0 Å². The standard InChI is InChI=1S/C13H20N4O4/c1-13(2,21)8-16-3-5-17(6-4-16)11(19)9-7-10(18)15-12(20)14-9/h7,21H,3-6,8H2,1-2H3,(H2,14,15,18,20). The molecule has 3 N–H and O–H groups in total. The summed E-state index contributed by atoms with van der Waals surface area (Å²) in [7, 11) is 0. The highest BCUT2D eigenvalue weighted by molar-refractivity contribution is 5.92. The van der Waals surface area contributed by atoms with Crippen molar-refractivity contribution in [1.82, 2.24) is 19.8 Å².